The molecule has 1 N–H and O–H groups in total. The monoisotopic (exact) mass is 490 g/mol. The van der Waals surface area contributed by atoms with Crippen LogP contribution in [0.1, 0.15) is 18.3 Å². The van der Waals surface area contributed by atoms with E-state index >= 15 is 0 Å². The van der Waals surface area contributed by atoms with Gasteiger partial charge in [-0.1, -0.05) is 33.8 Å². The minimum Gasteiger partial charge on any atom is -0.490 e. The molecule has 0 saturated carbocycles. The largest absolute Gasteiger partial charge is 0.490 e. The predicted molar refractivity (Wildman–Crippen MR) is 121 cm³/mol. The summed E-state index contributed by atoms with van der Waals surface area (Å²) in [5.74, 6) is 2.15. The van der Waals surface area contributed by atoms with Gasteiger partial charge in [-0.15, -0.1) is 10.2 Å². The van der Waals surface area contributed by atoms with Gasteiger partial charge in [0.25, 0.3) is 0 Å². The number of nitrogens with one attached hydrogen (secondary N) is 1. The van der Waals surface area contributed by atoms with Crippen molar-refractivity contribution in [1.82, 2.24) is 14.8 Å². The zero-order valence-electron chi connectivity index (χ0n) is 17.0. The second-order valence-corrected chi connectivity index (χ2v) is 8.33. The smallest absolute Gasteiger partial charge is 0.234 e. The molecule has 0 bridgehead atoms. The molecule has 1 heterocycles. The van der Waals surface area contributed by atoms with Crippen LogP contribution in [0.5, 0.6) is 11.5 Å². The molecule has 0 unspecified atom stereocenters. The number of benzene rings is 2. The molecule has 0 fully saturated rings. The summed E-state index contributed by atoms with van der Waals surface area (Å²) in [6, 6.07) is 13.2. The molecule has 1 aromatic heterocycles. The van der Waals surface area contributed by atoms with Crippen LogP contribution in [0, 0.1) is 6.92 Å². The summed E-state index contributed by atoms with van der Waals surface area (Å²) in [5.41, 5.74) is 1.85. The van der Waals surface area contributed by atoms with Gasteiger partial charge in [0.05, 0.1) is 12.4 Å². The van der Waals surface area contributed by atoms with Crippen LogP contribution in [0.15, 0.2) is 52.1 Å². The van der Waals surface area contributed by atoms with Gasteiger partial charge in [0.15, 0.2) is 22.5 Å². The highest BCUT2D eigenvalue weighted by atomic mass is 79.9. The maximum atomic E-state index is 12.2. The third-order valence-electron chi connectivity index (χ3n) is 4.14. The van der Waals surface area contributed by atoms with Crippen molar-refractivity contribution in [3.05, 3.63) is 58.3 Å². The van der Waals surface area contributed by atoms with Gasteiger partial charge in [-0.3, -0.25) is 4.79 Å². The minimum atomic E-state index is -0.107. The van der Waals surface area contributed by atoms with Gasteiger partial charge < -0.3 is 19.4 Å². The Labute approximate surface area is 188 Å². The topological polar surface area (TPSA) is 78.3 Å². The normalized spacial score (nSPS) is 10.7. The summed E-state index contributed by atoms with van der Waals surface area (Å²) in [7, 11) is 1.85. The van der Waals surface area contributed by atoms with E-state index in [0.717, 1.165) is 15.7 Å². The fraction of sp³-hybridized carbons (Fsp3) is 0.286. The Balaban J connectivity index is 1.55. The quantitative estimate of drug-likeness (QED) is 0.441. The Morgan fingerprint density at radius 1 is 1.13 bits per heavy atom. The zero-order chi connectivity index (χ0) is 21.5. The summed E-state index contributed by atoms with van der Waals surface area (Å²) in [4.78, 5) is 12.2. The van der Waals surface area contributed by atoms with E-state index in [1.54, 1.807) is 0 Å². The van der Waals surface area contributed by atoms with Crippen molar-refractivity contribution in [2.45, 2.75) is 25.6 Å². The first-order valence-electron chi connectivity index (χ1n) is 9.39. The number of hydrogen-bond donors (Lipinski definition) is 1. The molecule has 2 aromatic carbocycles. The van der Waals surface area contributed by atoms with Crippen LogP contribution in [-0.4, -0.2) is 33.0 Å². The highest BCUT2D eigenvalue weighted by Gasteiger charge is 2.13. The van der Waals surface area contributed by atoms with E-state index in [2.05, 4.69) is 31.4 Å². The number of carbonyl (C=O) groups excluding carboxylic acids is 1. The van der Waals surface area contributed by atoms with E-state index in [9.17, 15) is 4.79 Å². The number of amides is 1. The number of thioether (sulfide) groups is 1. The van der Waals surface area contributed by atoms with Crippen molar-refractivity contribution >= 4 is 39.3 Å². The number of rotatable bonds is 9. The Morgan fingerprint density at radius 3 is 2.63 bits per heavy atom. The van der Waals surface area contributed by atoms with Crippen molar-refractivity contribution in [3.63, 3.8) is 0 Å². The van der Waals surface area contributed by atoms with Gasteiger partial charge in [-0.05, 0) is 55.8 Å². The predicted octanol–water partition coefficient (Wildman–Crippen LogP) is 4.59. The van der Waals surface area contributed by atoms with Crippen LogP contribution in [0.2, 0.25) is 0 Å². The van der Waals surface area contributed by atoms with Crippen LogP contribution in [-0.2, 0) is 18.4 Å². The van der Waals surface area contributed by atoms with Crippen molar-refractivity contribution in [2.75, 3.05) is 17.7 Å². The summed E-state index contributed by atoms with van der Waals surface area (Å²) in [5, 5.41) is 11.9. The average molecular weight is 491 g/mol. The van der Waals surface area contributed by atoms with Crippen LogP contribution >= 0.6 is 27.7 Å². The van der Waals surface area contributed by atoms with E-state index in [1.807, 2.05) is 67.9 Å². The fourth-order valence-electron chi connectivity index (χ4n) is 2.60. The molecule has 0 aliphatic rings. The maximum Gasteiger partial charge on any atom is 0.234 e. The lowest BCUT2D eigenvalue weighted by atomic mass is 10.2. The van der Waals surface area contributed by atoms with Crippen LogP contribution in [0.3, 0.4) is 0 Å². The Morgan fingerprint density at radius 2 is 1.90 bits per heavy atom. The number of carbonyl (C=O) groups is 1. The molecule has 0 radical (unpaired) electrons. The number of hydrogen-bond acceptors (Lipinski definition) is 6. The van der Waals surface area contributed by atoms with E-state index in [4.69, 9.17) is 9.47 Å². The van der Waals surface area contributed by atoms with Crippen molar-refractivity contribution in [2.24, 2.45) is 7.05 Å². The van der Waals surface area contributed by atoms with Gasteiger partial charge in [0.2, 0.25) is 5.91 Å². The van der Waals surface area contributed by atoms with Crippen LogP contribution in [0.25, 0.3) is 0 Å². The maximum absolute atomic E-state index is 12.2. The summed E-state index contributed by atoms with van der Waals surface area (Å²) >= 11 is 4.69. The Bertz CT molecular complexity index is 1010. The molecule has 0 saturated heterocycles. The van der Waals surface area contributed by atoms with E-state index in [1.165, 1.54) is 11.8 Å². The standard InChI is InChI=1S/C21H23BrN4O3S/c1-4-28-18-11-14(2)5-10-17(18)29-12-19-24-25-21(26(19)3)30-13-20(27)23-16-8-6-15(22)7-9-16/h5-11H,4,12-13H2,1-3H3,(H,23,27). The number of ether oxygens (including phenoxy) is 2. The average Bonchev–Trinajstić information content (AvgIpc) is 3.07. The highest BCUT2D eigenvalue weighted by molar-refractivity contribution is 9.10. The first-order valence-corrected chi connectivity index (χ1v) is 11.2. The molecule has 0 aliphatic heterocycles. The second kappa shape index (κ2) is 10.5. The van der Waals surface area contributed by atoms with Crippen LogP contribution < -0.4 is 14.8 Å². The molecule has 3 aromatic rings. The fourth-order valence-corrected chi connectivity index (χ4v) is 3.60. The summed E-state index contributed by atoms with van der Waals surface area (Å²) < 4.78 is 14.3. The van der Waals surface area contributed by atoms with E-state index < -0.39 is 0 Å². The zero-order valence-corrected chi connectivity index (χ0v) is 19.4. The Hall–Kier alpha value is -2.52. The van der Waals surface area contributed by atoms with E-state index in [0.29, 0.717) is 29.1 Å². The third-order valence-corrected chi connectivity index (χ3v) is 5.69. The number of halogens is 1. The SMILES string of the molecule is CCOc1cc(C)ccc1OCc1nnc(SCC(=O)Nc2ccc(Br)cc2)n1C. The molecule has 3 rings (SSSR count). The van der Waals surface area contributed by atoms with Gasteiger partial charge in [0.1, 0.15) is 6.61 Å². The number of nitrogens with zero attached hydrogens (tertiary/aromatic N) is 3. The lowest BCUT2D eigenvalue weighted by molar-refractivity contribution is -0.113. The first kappa shape index (κ1) is 22.2. The number of aryl methyl sites for hydroxylation is 1. The van der Waals surface area contributed by atoms with Crippen molar-refractivity contribution in [1.29, 1.82) is 0 Å². The van der Waals surface area contributed by atoms with Gasteiger partial charge in [0, 0.05) is 17.2 Å². The number of aromatic nitrogens is 3. The lowest BCUT2D eigenvalue weighted by Gasteiger charge is -2.12. The molecular formula is C21H23BrN4O3S. The molecule has 0 aliphatic carbocycles. The molecule has 9 heteroatoms. The highest BCUT2D eigenvalue weighted by Crippen LogP contribution is 2.29. The van der Waals surface area contributed by atoms with E-state index in [-0.39, 0.29) is 18.3 Å². The molecule has 7 nitrogen and oxygen atoms in total. The first-order chi connectivity index (χ1) is 14.5. The minimum absolute atomic E-state index is 0.107. The number of anilines is 1. The molecule has 0 atom stereocenters. The third kappa shape index (κ3) is 5.99. The molecule has 30 heavy (non-hydrogen) atoms. The molecule has 1 amide bonds. The lowest BCUT2D eigenvalue weighted by Crippen LogP contribution is -2.14. The molecule has 0 spiro atoms. The van der Waals surface area contributed by atoms with Gasteiger partial charge in [-0.2, -0.15) is 0 Å². The van der Waals surface area contributed by atoms with Gasteiger partial charge >= 0.3 is 0 Å². The van der Waals surface area contributed by atoms with Gasteiger partial charge in [-0.25, -0.2) is 0 Å². The van der Waals surface area contributed by atoms with Crippen LogP contribution in [0.4, 0.5) is 5.69 Å². The second-order valence-electron chi connectivity index (χ2n) is 6.47. The van der Waals surface area contributed by atoms with Crippen molar-refractivity contribution in [3.8, 4) is 11.5 Å². The summed E-state index contributed by atoms with van der Waals surface area (Å²) in [6.45, 7) is 4.75. The molecule has 158 valence electrons. The summed E-state index contributed by atoms with van der Waals surface area (Å²) in [6.07, 6.45) is 0. The Kier molecular flexibility index (Phi) is 7.75. The van der Waals surface area contributed by atoms with Crippen molar-refractivity contribution < 1.29 is 14.3 Å². The molecular weight excluding hydrogens is 468 g/mol.